The van der Waals surface area contributed by atoms with Gasteiger partial charge in [-0.15, -0.1) is 0 Å². The van der Waals surface area contributed by atoms with Crippen molar-refractivity contribution in [2.24, 2.45) is 0 Å². The molecule has 0 aliphatic rings. The summed E-state index contributed by atoms with van der Waals surface area (Å²) in [6.07, 6.45) is 0. The third-order valence-electron chi connectivity index (χ3n) is 3.72. The van der Waals surface area contributed by atoms with E-state index in [1.165, 1.54) is 0 Å². The van der Waals surface area contributed by atoms with Crippen molar-refractivity contribution >= 4 is 40.7 Å². The average Bonchev–Trinajstić information content (AvgIpc) is 3.17. The van der Waals surface area contributed by atoms with E-state index in [0.717, 1.165) is 46.8 Å². The van der Waals surface area contributed by atoms with Gasteiger partial charge in [0.25, 0.3) is 0 Å². The average molecular weight is 410 g/mol. The number of aromatic nitrogens is 4. The number of rotatable bonds is 4. The van der Waals surface area contributed by atoms with Crippen LogP contribution in [0.3, 0.4) is 0 Å². The van der Waals surface area contributed by atoms with Crippen LogP contribution in [0, 0.1) is 0 Å². The summed E-state index contributed by atoms with van der Waals surface area (Å²) >= 11 is -0.556. The van der Waals surface area contributed by atoms with Gasteiger partial charge >= 0.3 is 35.6 Å². The standard InChI is InChI=1S/C17H17N5.2ClH.Ti/c1-22(10-16-18-12-6-2-3-7-13(12)19-16)11-17-20-14-8-4-5-9-15(14)21-17;;;/h2-9H,10-11H2,1H3,(H,18,19)(H,20,21);2*1H;/q;;;+2/p-2. The number of H-pyrrole nitrogens is 2. The Bertz CT molecular complexity index is 810. The number of benzene rings is 2. The van der Waals surface area contributed by atoms with Gasteiger partial charge in [0.15, 0.2) is 0 Å². The van der Waals surface area contributed by atoms with Crippen LogP contribution in [0.25, 0.3) is 22.1 Å². The molecule has 0 unspecified atom stereocenters. The molecule has 2 aromatic heterocycles. The first-order chi connectivity index (χ1) is 12.2. The van der Waals surface area contributed by atoms with Gasteiger partial charge in [-0.1, -0.05) is 24.3 Å². The van der Waals surface area contributed by atoms with E-state index in [1.54, 1.807) is 0 Å². The molecule has 0 bridgehead atoms. The first-order valence-electron chi connectivity index (χ1n) is 7.71. The van der Waals surface area contributed by atoms with E-state index >= 15 is 0 Å². The second kappa shape index (κ2) is 8.83. The second-order valence-corrected chi connectivity index (χ2v) is 8.22. The summed E-state index contributed by atoms with van der Waals surface area (Å²) < 4.78 is 0. The molecule has 0 radical (unpaired) electrons. The predicted molar refractivity (Wildman–Crippen MR) is 99.1 cm³/mol. The maximum atomic E-state index is 4.89. The Balaban J connectivity index is 0.000000569. The molecule has 2 heterocycles. The van der Waals surface area contributed by atoms with Crippen LogP contribution in [-0.4, -0.2) is 31.9 Å². The molecule has 0 saturated carbocycles. The first kappa shape index (κ1) is 18.4. The van der Waals surface area contributed by atoms with Crippen LogP contribution >= 0.6 is 18.6 Å². The quantitative estimate of drug-likeness (QED) is 0.489. The van der Waals surface area contributed by atoms with Crippen molar-refractivity contribution < 1.29 is 17.0 Å². The summed E-state index contributed by atoms with van der Waals surface area (Å²) in [5, 5.41) is 0. The van der Waals surface area contributed by atoms with Gasteiger partial charge in [-0.2, -0.15) is 0 Å². The van der Waals surface area contributed by atoms with Crippen LogP contribution in [-0.2, 0) is 30.1 Å². The molecule has 0 atom stereocenters. The molecule has 25 heavy (non-hydrogen) atoms. The number of hydrogen-bond donors (Lipinski definition) is 2. The van der Waals surface area contributed by atoms with Crippen LogP contribution in [0.1, 0.15) is 11.6 Å². The molecule has 8 heteroatoms. The van der Waals surface area contributed by atoms with E-state index < -0.39 is 17.0 Å². The Morgan fingerprint density at radius 2 is 1.24 bits per heavy atom. The van der Waals surface area contributed by atoms with Crippen molar-refractivity contribution in [1.29, 1.82) is 0 Å². The van der Waals surface area contributed by atoms with Gasteiger partial charge in [0.05, 0.1) is 35.2 Å². The number of aromatic amines is 2. The molecule has 4 rings (SSSR count). The molecule has 0 fully saturated rings. The summed E-state index contributed by atoms with van der Waals surface area (Å²) in [6.45, 7) is 1.51. The molecule has 0 amide bonds. The normalized spacial score (nSPS) is 10.9. The first-order valence-corrected chi connectivity index (χ1v) is 12.0. The molecular formula is C17H17Cl2N5Ti. The van der Waals surface area contributed by atoms with E-state index in [0.29, 0.717) is 0 Å². The number of para-hydroxylation sites is 4. The van der Waals surface area contributed by atoms with E-state index in [4.69, 9.17) is 18.6 Å². The zero-order valence-corrected chi connectivity index (χ0v) is 16.7. The minimum absolute atomic E-state index is 0.556. The van der Waals surface area contributed by atoms with Crippen molar-refractivity contribution in [2.75, 3.05) is 7.05 Å². The number of halogens is 2. The van der Waals surface area contributed by atoms with Gasteiger partial charge in [0.1, 0.15) is 11.6 Å². The third-order valence-corrected chi connectivity index (χ3v) is 3.72. The Morgan fingerprint density at radius 3 is 1.64 bits per heavy atom. The molecule has 4 aromatic rings. The number of nitrogens with zero attached hydrogens (tertiary/aromatic N) is 3. The zero-order chi connectivity index (χ0) is 17.6. The summed E-state index contributed by atoms with van der Waals surface area (Å²) in [5.41, 5.74) is 4.17. The molecular weight excluding hydrogens is 393 g/mol. The second-order valence-electron chi connectivity index (χ2n) is 5.65. The SMILES string of the molecule is CN(Cc1nc2ccccc2[nH]1)Cc1nc2ccccc2[nH]1.[Cl][Ti][Cl]. The van der Waals surface area contributed by atoms with Crippen LogP contribution in [0.4, 0.5) is 0 Å². The topological polar surface area (TPSA) is 60.6 Å². The minimum atomic E-state index is -0.556. The Kier molecular flexibility index (Phi) is 6.51. The summed E-state index contributed by atoms with van der Waals surface area (Å²) in [5.74, 6) is 1.94. The fourth-order valence-corrected chi connectivity index (χ4v) is 2.73. The Hall–Kier alpha value is -1.37. The molecule has 0 aliphatic heterocycles. The van der Waals surface area contributed by atoms with Crippen molar-refractivity contribution in [3.8, 4) is 0 Å². The molecule has 2 N–H and O–H groups in total. The van der Waals surface area contributed by atoms with Gasteiger partial charge < -0.3 is 9.97 Å². The fraction of sp³-hybridized carbons (Fsp3) is 0.176. The van der Waals surface area contributed by atoms with Crippen molar-refractivity contribution in [1.82, 2.24) is 24.8 Å². The number of nitrogens with one attached hydrogen (secondary N) is 2. The molecule has 128 valence electrons. The van der Waals surface area contributed by atoms with Crippen LogP contribution in [0.5, 0.6) is 0 Å². The molecule has 0 saturated heterocycles. The Morgan fingerprint density at radius 1 is 0.840 bits per heavy atom. The summed E-state index contributed by atoms with van der Waals surface area (Å²) in [6, 6.07) is 16.2. The van der Waals surface area contributed by atoms with E-state index in [9.17, 15) is 0 Å². The van der Waals surface area contributed by atoms with E-state index in [2.05, 4.69) is 31.9 Å². The number of hydrogen-bond acceptors (Lipinski definition) is 3. The monoisotopic (exact) mass is 409 g/mol. The molecule has 2 aromatic carbocycles. The molecule has 0 spiro atoms. The van der Waals surface area contributed by atoms with Crippen LogP contribution < -0.4 is 0 Å². The van der Waals surface area contributed by atoms with Crippen LogP contribution in [0.15, 0.2) is 48.5 Å². The maximum absolute atomic E-state index is 4.89. The number of fused-ring (bicyclic) bond motifs is 2. The third kappa shape index (κ3) is 4.84. The van der Waals surface area contributed by atoms with Gasteiger partial charge in [-0.05, 0) is 31.3 Å². The Labute approximate surface area is 162 Å². The zero-order valence-electron chi connectivity index (χ0n) is 13.6. The van der Waals surface area contributed by atoms with Crippen LogP contribution in [0.2, 0.25) is 0 Å². The fourth-order valence-electron chi connectivity index (χ4n) is 2.73. The molecule has 0 aliphatic carbocycles. The van der Waals surface area contributed by atoms with Gasteiger partial charge in [0.2, 0.25) is 0 Å². The predicted octanol–water partition coefficient (Wildman–Crippen LogP) is 4.45. The summed E-state index contributed by atoms with van der Waals surface area (Å²) in [7, 11) is 11.8. The van der Waals surface area contributed by atoms with E-state index in [-0.39, 0.29) is 0 Å². The van der Waals surface area contributed by atoms with Gasteiger partial charge in [0, 0.05) is 0 Å². The van der Waals surface area contributed by atoms with Crippen molar-refractivity contribution in [2.45, 2.75) is 13.1 Å². The summed E-state index contributed by atoms with van der Waals surface area (Å²) in [4.78, 5) is 18.1. The van der Waals surface area contributed by atoms with Gasteiger partial charge in [-0.25, -0.2) is 9.97 Å². The van der Waals surface area contributed by atoms with E-state index in [1.807, 2.05) is 48.5 Å². The van der Waals surface area contributed by atoms with Gasteiger partial charge in [-0.3, -0.25) is 4.90 Å². The molecule has 5 nitrogen and oxygen atoms in total. The van der Waals surface area contributed by atoms with Crippen molar-refractivity contribution in [3.05, 3.63) is 60.2 Å². The van der Waals surface area contributed by atoms with Crippen molar-refractivity contribution in [3.63, 3.8) is 0 Å². The number of imidazole rings is 2.